The van der Waals surface area contributed by atoms with Gasteiger partial charge in [-0.15, -0.1) is 0 Å². The second-order valence-corrected chi connectivity index (χ2v) is 6.11. The Kier molecular flexibility index (Phi) is 5.33. The third-order valence-electron chi connectivity index (χ3n) is 2.87. The Morgan fingerprint density at radius 1 is 1.10 bits per heavy atom. The summed E-state index contributed by atoms with van der Waals surface area (Å²) in [7, 11) is 0. The van der Waals surface area contributed by atoms with E-state index < -0.39 is 4.92 Å². The summed E-state index contributed by atoms with van der Waals surface area (Å²) < 4.78 is 7.24. The van der Waals surface area contributed by atoms with E-state index in [0.29, 0.717) is 22.3 Å². The lowest BCUT2D eigenvalue weighted by Gasteiger charge is -2.11. The van der Waals surface area contributed by atoms with Crippen molar-refractivity contribution in [1.82, 2.24) is 0 Å². The summed E-state index contributed by atoms with van der Waals surface area (Å²) in [6.45, 7) is 0.440. The number of hydrogen-bond donors (Lipinski definition) is 1. The quantitative estimate of drug-likeness (QED) is 0.587. The van der Waals surface area contributed by atoms with Gasteiger partial charge in [-0.05, 0) is 30.3 Å². The first-order valence-electron chi connectivity index (χ1n) is 6.05. The van der Waals surface area contributed by atoms with Gasteiger partial charge < -0.3 is 10.5 Å². The zero-order valence-electron chi connectivity index (χ0n) is 10.9. The van der Waals surface area contributed by atoms with E-state index in [0.717, 1.165) is 10.0 Å². The van der Waals surface area contributed by atoms with Crippen molar-refractivity contribution in [3.8, 4) is 5.75 Å². The Morgan fingerprint density at radius 2 is 1.76 bits per heavy atom. The average molecular weight is 416 g/mol. The van der Waals surface area contributed by atoms with E-state index in [1.807, 2.05) is 12.1 Å². The van der Waals surface area contributed by atoms with Crippen molar-refractivity contribution in [2.24, 2.45) is 5.73 Å². The number of benzene rings is 2. The van der Waals surface area contributed by atoms with Crippen LogP contribution < -0.4 is 10.5 Å². The zero-order chi connectivity index (χ0) is 15.4. The summed E-state index contributed by atoms with van der Waals surface area (Å²) in [5.74, 6) is 0.623. The predicted octanol–water partition coefficient (Wildman–Crippen LogP) is 4.16. The van der Waals surface area contributed by atoms with E-state index in [-0.39, 0.29) is 12.3 Å². The maximum Gasteiger partial charge on any atom is 0.277 e. The number of hydrogen-bond acceptors (Lipinski definition) is 4. The minimum atomic E-state index is -0.422. The van der Waals surface area contributed by atoms with E-state index in [4.69, 9.17) is 10.5 Å². The fourth-order valence-electron chi connectivity index (χ4n) is 1.83. The molecule has 2 aromatic carbocycles. The van der Waals surface area contributed by atoms with Crippen LogP contribution in [0.25, 0.3) is 0 Å². The molecule has 2 N–H and O–H groups in total. The molecule has 2 rings (SSSR count). The fraction of sp³-hybridized carbons (Fsp3) is 0.143. The molecule has 0 unspecified atom stereocenters. The van der Waals surface area contributed by atoms with Crippen LogP contribution in [-0.2, 0) is 13.2 Å². The van der Waals surface area contributed by atoms with Crippen LogP contribution in [0.1, 0.15) is 11.1 Å². The molecule has 0 saturated heterocycles. The van der Waals surface area contributed by atoms with Crippen molar-refractivity contribution < 1.29 is 9.66 Å². The molecule has 0 aliphatic carbocycles. The van der Waals surface area contributed by atoms with E-state index in [1.165, 1.54) is 6.07 Å². The molecule has 0 fully saturated rings. The van der Waals surface area contributed by atoms with Gasteiger partial charge in [-0.2, -0.15) is 0 Å². The van der Waals surface area contributed by atoms with Crippen molar-refractivity contribution in [2.45, 2.75) is 13.2 Å². The molecule has 0 amide bonds. The van der Waals surface area contributed by atoms with Gasteiger partial charge in [0.25, 0.3) is 5.69 Å². The Balaban J connectivity index is 2.22. The first-order chi connectivity index (χ1) is 10.0. The Labute approximate surface area is 138 Å². The van der Waals surface area contributed by atoms with Crippen LogP contribution in [0.5, 0.6) is 5.75 Å². The van der Waals surface area contributed by atoms with Crippen molar-refractivity contribution in [3.63, 3.8) is 0 Å². The van der Waals surface area contributed by atoms with Crippen LogP contribution in [0.15, 0.2) is 45.3 Å². The second-order valence-electron chi connectivity index (χ2n) is 4.27. The van der Waals surface area contributed by atoms with Crippen LogP contribution in [0.4, 0.5) is 5.69 Å². The predicted molar refractivity (Wildman–Crippen MR) is 87.2 cm³/mol. The highest BCUT2D eigenvalue weighted by atomic mass is 79.9. The van der Waals surface area contributed by atoms with E-state index in [2.05, 4.69) is 31.9 Å². The van der Waals surface area contributed by atoms with Gasteiger partial charge in [0.05, 0.1) is 10.5 Å². The molecule has 21 heavy (non-hydrogen) atoms. The second kappa shape index (κ2) is 7.02. The first-order valence-corrected chi connectivity index (χ1v) is 7.64. The SMILES string of the molecule is NCc1cc(Br)ccc1OCc1ccc(Br)cc1[N+](=O)[O-]. The number of nitro benzene ring substituents is 1. The lowest BCUT2D eigenvalue weighted by Crippen LogP contribution is -2.04. The van der Waals surface area contributed by atoms with Crippen molar-refractivity contribution in [3.05, 3.63) is 66.6 Å². The van der Waals surface area contributed by atoms with Crippen molar-refractivity contribution in [1.29, 1.82) is 0 Å². The first kappa shape index (κ1) is 15.9. The lowest BCUT2D eigenvalue weighted by molar-refractivity contribution is -0.385. The molecular weight excluding hydrogens is 404 g/mol. The molecule has 0 saturated carbocycles. The molecule has 5 nitrogen and oxygen atoms in total. The summed E-state index contributed by atoms with van der Waals surface area (Å²) in [5.41, 5.74) is 7.04. The van der Waals surface area contributed by atoms with Gasteiger partial charge >= 0.3 is 0 Å². The van der Waals surface area contributed by atoms with Crippen LogP contribution in [0, 0.1) is 10.1 Å². The third kappa shape index (κ3) is 4.03. The van der Waals surface area contributed by atoms with Crippen molar-refractivity contribution in [2.75, 3.05) is 0 Å². The van der Waals surface area contributed by atoms with E-state index in [1.54, 1.807) is 18.2 Å². The number of rotatable bonds is 5. The topological polar surface area (TPSA) is 78.4 Å². The fourth-order valence-corrected chi connectivity index (χ4v) is 2.59. The lowest BCUT2D eigenvalue weighted by atomic mass is 10.2. The standard InChI is InChI=1S/C14H12Br2N2O3/c15-11-3-4-14(10(5-11)7-17)21-8-9-1-2-12(16)6-13(9)18(19)20/h1-6H,7-8,17H2. The van der Waals surface area contributed by atoms with Crippen LogP contribution in [0.3, 0.4) is 0 Å². The molecule has 0 heterocycles. The molecule has 0 atom stereocenters. The van der Waals surface area contributed by atoms with Crippen LogP contribution in [-0.4, -0.2) is 4.92 Å². The highest BCUT2D eigenvalue weighted by Gasteiger charge is 2.15. The zero-order valence-corrected chi connectivity index (χ0v) is 14.1. The molecular formula is C14H12Br2N2O3. The number of nitro groups is 1. The molecule has 0 aromatic heterocycles. The van der Waals surface area contributed by atoms with Gasteiger partial charge in [0, 0.05) is 27.1 Å². The van der Waals surface area contributed by atoms with Gasteiger partial charge in [-0.25, -0.2) is 0 Å². The summed E-state index contributed by atoms with van der Waals surface area (Å²) in [6, 6.07) is 10.4. The maximum absolute atomic E-state index is 11.1. The number of nitrogens with two attached hydrogens (primary N) is 1. The Hall–Kier alpha value is -1.44. The van der Waals surface area contributed by atoms with Crippen LogP contribution >= 0.6 is 31.9 Å². The molecule has 0 bridgehead atoms. The van der Waals surface area contributed by atoms with Gasteiger partial charge in [-0.3, -0.25) is 10.1 Å². The highest BCUT2D eigenvalue weighted by molar-refractivity contribution is 9.10. The molecule has 110 valence electrons. The van der Waals surface area contributed by atoms with Gasteiger partial charge in [0.2, 0.25) is 0 Å². The van der Waals surface area contributed by atoms with Gasteiger partial charge in [0.1, 0.15) is 12.4 Å². The normalized spacial score (nSPS) is 10.4. The minimum Gasteiger partial charge on any atom is -0.488 e. The summed E-state index contributed by atoms with van der Waals surface area (Å²) in [5, 5.41) is 11.1. The van der Waals surface area contributed by atoms with E-state index in [9.17, 15) is 10.1 Å². The number of halogens is 2. The third-order valence-corrected chi connectivity index (χ3v) is 3.86. The largest absolute Gasteiger partial charge is 0.488 e. The minimum absolute atomic E-state index is 0.0239. The Morgan fingerprint density at radius 3 is 2.43 bits per heavy atom. The molecule has 0 spiro atoms. The maximum atomic E-state index is 11.1. The number of ether oxygens (including phenoxy) is 1. The average Bonchev–Trinajstić information content (AvgIpc) is 2.46. The Bertz CT molecular complexity index is 677. The number of nitrogens with zero attached hydrogens (tertiary/aromatic N) is 1. The molecule has 7 heteroatoms. The highest BCUT2D eigenvalue weighted by Crippen LogP contribution is 2.27. The van der Waals surface area contributed by atoms with Crippen LogP contribution in [0.2, 0.25) is 0 Å². The van der Waals surface area contributed by atoms with Gasteiger partial charge in [0.15, 0.2) is 0 Å². The molecule has 2 aromatic rings. The summed E-state index contributed by atoms with van der Waals surface area (Å²) in [6.07, 6.45) is 0. The molecule has 0 aliphatic heterocycles. The summed E-state index contributed by atoms with van der Waals surface area (Å²) >= 11 is 6.59. The smallest absolute Gasteiger partial charge is 0.277 e. The summed E-state index contributed by atoms with van der Waals surface area (Å²) in [4.78, 5) is 10.6. The van der Waals surface area contributed by atoms with Crippen molar-refractivity contribution >= 4 is 37.5 Å². The molecule has 0 radical (unpaired) electrons. The van der Waals surface area contributed by atoms with Gasteiger partial charge in [-0.1, -0.05) is 31.9 Å². The monoisotopic (exact) mass is 414 g/mol. The van der Waals surface area contributed by atoms with E-state index >= 15 is 0 Å². The molecule has 0 aliphatic rings.